The Kier molecular flexibility index (Phi) is 4.84. The summed E-state index contributed by atoms with van der Waals surface area (Å²) in [4.78, 5) is 25.7. The van der Waals surface area contributed by atoms with E-state index in [1.54, 1.807) is 0 Å². The monoisotopic (exact) mass is 342 g/mol. The zero-order chi connectivity index (χ0) is 18.1. The number of aryl methyl sites for hydroxylation is 2. The lowest BCUT2D eigenvalue weighted by Crippen LogP contribution is -2.22. The molecule has 1 unspecified atom stereocenters. The molecule has 1 aliphatic rings. The average Bonchev–Trinajstić information content (AvgIpc) is 3.03. The van der Waals surface area contributed by atoms with E-state index in [9.17, 15) is 9.59 Å². The Bertz CT molecular complexity index is 798. The van der Waals surface area contributed by atoms with E-state index in [0.717, 1.165) is 37.1 Å². The Balaban J connectivity index is 2.04. The zero-order valence-corrected chi connectivity index (χ0v) is 15.4. The van der Waals surface area contributed by atoms with Gasteiger partial charge in [-0.1, -0.05) is 6.42 Å². The predicted octanol–water partition coefficient (Wildman–Crippen LogP) is 3.59. The largest absolute Gasteiger partial charge is 0.462 e. The van der Waals surface area contributed by atoms with Gasteiger partial charge in [-0.3, -0.25) is 9.59 Å². The quantitative estimate of drug-likeness (QED) is 0.630. The van der Waals surface area contributed by atoms with Crippen LogP contribution in [0.15, 0.2) is 24.4 Å². The van der Waals surface area contributed by atoms with Gasteiger partial charge in [0.2, 0.25) is 5.78 Å². The highest BCUT2D eigenvalue weighted by atomic mass is 16.5. The molecule has 5 heteroatoms. The number of nitrogens with zero attached hydrogens (tertiary/aromatic N) is 2. The number of fused-ring (bicyclic) bond motifs is 1. The Morgan fingerprint density at radius 1 is 1.28 bits per heavy atom. The third-order valence-corrected chi connectivity index (χ3v) is 4.83. The van der Waals surface area contributed by atoms with Gasteiger partial charge >= 0.3 is 5.97 Å². The minimum atomic E-state index is -0.293. The average molecular weight is 342 g/mol. The summed E-state index contributed by atoms with van der Waals surface area (Å²) in [5.74, 6) is -0.471. The molecule has 0 saturated carbocycles. The van der Waals surface area contributed by atoms with Crippen molar-refractivity contribution < 1.29 is 14.3 Å². The van der Waals surface area contributed by atoms with Gasteiger partial charge in [-0.05, 0) is 57.4 Å². The fourth-order valence-corrected chi connectivity index (χ4v) is 3.68. The first-order chi connectivity index (χ1) is 11.9. The number of rotatable bonds is 4. The van der Waals surface area contributed by atoms with E-state index in [4.69, 9.17) is 4.74 Å². The molecule has 5 nitrogen and oxygen atoms in total. The fraction of sp³-hybridized carbons (Fsp3) is 0.500. The molecule has 0 fully saturated rings. The summed E-state index contributed by atoms with van der Waals surface area (Å²) in [6.07, 6.45) is 4.42. The molecule has 25 heavy (non-hydrogen) atoms. The molecule has 0 radical (unpaired) electrons. The Morgan fingerprint density at radius 2 is 2.04 bits per heavy atom. The number of ketones is 1. The molecule has 2 aromatic heterocycles. The van der Waals surface area contributed by atoms with Crippen molar-refractivity contribution in [3.63, 3.8) is 0 Å². The fourth-order valence-electron chi connectivity index (χ4n) is 3.68. The predicted molar refractivity (Wildman–Crippen MR) is 95.8 cm³/mol. The molecule has 0 aliphatic carbocycles. The first kappa shape index (κ1) is 17.5. The van der Waals surface area contributed by atoms with E-state index in [-0.39, 0.29) is 23.8 Å². The van der Waals surface area contributed by atoms with Crippen molar-refractivity contribution in [3.05, 3.63) is 47.0 Å². The van der Waals surface area contributed by atoms with Crippen molar-refractivity contribution in [2.75, 3.05) is 0 Å². The van der Waals surface area contributed by atoms with Gasteiger partial charge in [0.05, 0.1) is 23.4 Å². The molecule has 0 saturated heterocycles. The first-order valence-electron chi connectivity index (χ1n) is 8.96. The summed E-state index contributed by atoms with van der Waals surface area (Å²) < 4.78 is 9.34. The van der Waals surface area contributed by atoms with Crippen molar-refractivity contribution in [2.24, 2.45) is 7.05 Å². The van der Waals surface area contributed by atoms with Gasteiger partial charge in [-0.15, -0.1) is 0 Å². The van der Waals surface area contributed by atoms with Gasteiger partial charge in [-0.25, -0.2) is 0 Å². The summed E-state index contributed by atoms with van der Waals surface area (Å²) in [6, 6.07) is 5.70. The first-order valence-corrected chi connectivity index (χ1v) is 8.96. The molecule has 134 valence electrons. The van der Waals surface area contributed by atoms with E-state index in [1.165, 1.54) is 0 Å². The lowest BCUT2D eigenvalue weighted by molar-refractivity contribution is -0.149. The number of ether oxygens (including phenoxy) is 1. The highest BCUT2D eigenvalue weighted by molar-refractivity contribution is 6.08. The highest BCUT2D eigenvalue weighted by Crippen LogP contribution is 2.33. The summed E-state index contributed by atoms with van der Waals surface area (Å²) in [6.45, 7) is 6.44. The third kappa shape index (κ3) is 3.28. The van der Waals surface area contributed by atoms with E-state index < -0.39 is 0 Å². The number of hydrogen-bond donors (Lipinski definition) is 0. The van der Waals surface area contributed by atoms with Crippen molar-refractivity contribution >= 4 is 11.8 Å². The second-order valence-corrected chi connectivity index (χ2v) is 7.12. The maximum Gasteiger partial charge on any atom is 0.315 e. The van der Waals surface area contributed by atoms with E-state index in [2.05, 4.69) is 0 Å². The van der Waals surface area contributed by atoms with Crippen LogP contribution in [0.3, 0.4) is 0 Å². The maximum absolute atomic E-state index is 13.1. The van der Waals surface area contributed by atoms with Gasteiger partial charge < -0.3 is 13.9 Å². The molecule has 2 aromatic rings. The second kappa shape index (κ2) is 6.90. The van der Waals surface area contributed by atoms with Crippen LogP contribution in [0.4, 0.5) is 0 Å². The molecule has 3 rings (SSSR count). The van der Waals surface area contributed by atoms with Crippen LogP contribution in [0.1, 0.15) is 66.5 Å². The Morgan fingerprint density at radius 3 is 2.68 bits per heavy atom. The lowest BCUT2D eigenvalue weighted by atomic mass is 9.99. The molecular weight excluding hydrogens is 316 g/mol. The minimum Gasteiger partial charge on any atom is -0.462 e. The van der Waals surface area contributed by atoms with Gasteiger partial charge in [0.15, 0.2) is 0 Å². The molecule has 0 N–H and O–H groups in total. The van der Waals surface area contributed by atoms with Crippen LogP contribution < -0.4 is 0 Å². The molecule has 0 spiro atoms. The lowest BCUT2D eigenvalue weighted by Gasteiger charge is -2.18. The number of carbonyl (C=O) groups is 2. The van der Waals surface area contributed by atoms with Gasteiger partial charge in [0, 0.05) is 25.5 Å². The molecule has 0 aromatic carbocycles. The summed E-state index contributed by atoms with van der Waals surface area (Å²) in [5, 5.41) is 0. The Hall–Kier alpha value is -2.30. The molecule has 3 heterocycles. The molecular formula is C20H26N2O3. The van der Waals surface area contributed by atoms with E-state index in [0.29, 0.717) is 11.4 Å². The third-order valence-electron chi connectivity index (χ3n) is 4.83. The van der Waals surface area contributed by atoms with Crippen LogP contribution in [0.2, 0.25) is 0 Å². The van der Waals surface area contributed by atoms with Crippen LogP contribution in [0.25, 0.3) is 0 Å². The van der Waals surface area contributed by atoms with Crippen LogP contribution in [-0.2, 0) is 23.1 Å². The molecule has 0 bridgehead atoms. The van der Waals surface area contributed by atoms with Crippen molar-refractivity contribution in [1.29, 1.82) is 0 Å². The van der Waals surface area contributed by atoms with Gasteiger partial charge in [0.1, 0.15) is 0 Å². The Labute approximate surface area is 148 Å². The molecule has 1 aliphatic heterocycles. The van der Waals surface area contributed by atoms with Gasteiger partial charge in [-0.2, -0.15) is 0 Å². The number of carbonyl (C=O) groups excluding carboxylic acids is 2. The van der Waals surface area contributed by atoms with E-state index in [1.807, 2.05) is 61.3 Å². The summed E-state index contributed by atoms with van der Waals surface area (Å²) in [7, 11) is 1.87. The van der Waals surface area contributed by atoms with Crippen molar-refractivity contribution in [3.8, 4) is 0 Å². The van der Waals surface area contributed by atoms with Crippen LogP contribution in [-0.4, -0.2) is 27.0 Å². The van der Waals surface area contributed by atoms with Crippen LogP contribution >= 0.6 is 0 Å². The number of aromatic nitrogens is 2. The van der Waals surface area contributed by atoms with Crippen LogP contribution in [0, 0.1) is 6.92 Å². The zero-order valence-electron chi connectivity index (χ0n) is 15.4. The highest BCUT2D eigenvalue weighted by Gasteiger charge is 2.31. The molecule has 0 amide bonds. The number of hydrogen-bond acceptors (Lipinski definition) is 3. The topological polar surface area (TPSA) is 53.2 Å². The number of esters is 1. The standard InChI is InChI=1S/C20H26N2O3/c1-13(2)25-20(24)15-8-5-6-11-22-17(15)12-14(3)18(22)19(23)16-9-7-10-21(16)4/h7,9-10,12-13,15H,5-6,8,11H2,1-4H3. The molecule has 1 atom stereocenters. The second-order valence-electron chi connectivity index (χ2n) is 7.12. The van der Waals surface area contributed by atoms with Crippen molar-refractivity contribution in [1.82, 2.24) is 9.13 Å². The summed E-state index contributed by atoms with van der Waals surface area (Å²) >= 11 is 0. The normalized spacial score (nSPS) is 17.2. The van der Waals surface area contributed by atoms with Crippen LogP contribution in [0.5, 0.6) is 0 Å². The smallest absolute Gasteiger partial charge is 0.315 e. The maximum atomic E-state index is 13.1. The van der Waals surface area contributed by atoms with Crippen molar-refractivity contribution in [2.45, 2.75) is 58.6 Å². The van der Waals surface area contributed by atoms with E-state index >= 15 is 0 Å². The summed E-state index contributed by atoms with van der Waals surface area (Å²) in [5.41, 5.74) is 3.19. The minimum absolute atomic E-state index is 0.00845. The SMILES string of the molecule is Cc1cc2n(c1C(=O)c1cccn1C)CCCCC2C(=O)OC(C)C. The van der Waals surface area contributed by atoms with Gasteiger partial charge in [0.25, 0.3) is 0 Å².